The van der Waals surface area contributed by atoms with E-state index < -0.39 is 0 Å². The highest BCUT2D eigenvalue weighted by Gasteiger charge is 2.25. The number of nitrogens with one attached hydrogen (secondary N) is 1. The highest BCUT2D eigenvalue weighted by Crippen LogP contribution is 2.36. The van der Waals surface area contributed by atoms with Crippen LogP contribution in [0.5, 0.6) is 0 Å². The van der Waals surface area contributed by atoms with E-state index in [1.807, 2.05) is 6.92 Å². The van der Waals surface area contributed by atoms with Crippen LogP contribution in [0.25, 0.3) is 0 Å². The molecular weight excluding hydrogens is 331 g/mol. The molecule has 0 saturated carbocycles. The zero-order chi connectivity index (χ0) is 16.4. The number of aryl methyl sites for hydroxylation is 2. The summed E-state index contributed by atoms with van der Waals surface area (Å²) in [5.41, 5.74) is 1.66. The number of halogens is 1. The quantitative estimate of drug-likeness (QED) is 0.882. The molecule has 2 aromatic rings. The summed E-state index contributed by atoms with van der Waals surface area (Å²) >= 11 is 3.17. The average molecular weight is 350 g/mol. The number of carbonyl (C=O) groups is 1. The third-order valence-electron chi connectivity index (χ3n) is 3.83. The molecule has 0 spiro atoms. The molecule has 1 amide bonds. The van der Waals surface area contributed by atoms with Gasteiger partial charge in [0.2, 0.25) is 0 Å². The number of rotatable bonds is 4. The molecule has 0 bridgehead atoms. The molecule has 3 nitrogen and oxygen atoms in total. The highest BCUT2D eigenvalue weighted by atomic mass is 32.2. The summed E-state index contributed by atoms with van der Waals surface area (Å²) < 4.78 is 13.6. The maximum Gasteiger partial charge on any atom is 0.263 e. The van der Waals surface area contributed by atoms with Gasteiger partial charge in [-0.1, -0.05) is 6.92 Å². The van der Waals surface area contributed by atoms with Gasteiger partial charge in [0, 0.05) is 10.6 Å². The second kappa shape index (κ2) is 7.01. The van der Waals surface area contributed by atoms with Crippen molar-refractivity contribution in [2.75, 3.05) is 5.75 Å². The molecule has 0 saturated heterocycles. The number of aromatic nitrogens is 1. The van der Waals surface area contributed by atoms with Crippen LogP contribution >= 0.6 is 23.1 Å². The molecule has 1 aromatic carbocycles. The average Bonchev–Trinajstić information content (AvgIpc) is 2.89. The Morgan fingerprint density at radius 3 is 3.09 bits per heavy atom. The van der Waals surface area contributed by atoms with Crippen LogP contribution in [0.2, 0.25) is 0 Å². The van der Waals surface area contributed by atoms with Gasteiger partial charge in [-0.25, -0.2) is 9.37 Å². The van der Waals surface area contributed by atoms with Crippen molar-refractivity contribution >= 4 is 29.0 Å². The van der Waals surface area contributed by atoms with Crippen molar-refractivity contribution < 1.29 is 9.18 Å². The Balaban J connectivity index is 1.80. The fourth-order valence-electron chi connectivity index (χ4n) is 2.72. The standard InChI is InChI=1S/C17H19FN2OS2/c1-3-4-15-19-10(2)16(23-15)17(21)20-13-7-8-22-14-6-5-11(18)9-12(13)14/h5-6,9,13H,3-4,7-8H2,1-2H3,(H,20,21). The molecule has 3 rings (SSSR count). The maximum absolute atomic E-state index is 13.6. The lowest BCUT2D eigenvalue weighted by Crippen LogP contribution is -2.30. The lowest BCUT2D eigenvalue weighted by molar-refractivity contribution is 0.0938. The largest absolute Gasteiger partial charge is 0.344 e. The van der Waals surface area contributed by atoms with Gasteiger partial charge < -0.3 is 5.32 Å². The molecule has 1 aliphatic heterocycles. The molecular formula is C17H19FN2OS2. The zero-order valence-corrected chi connectivity index (χ0v) is 14.8. The summed E-state index contributed by atoms with van der Waals surface area (Å²) in [6.07, 6.45) is 2.72. The van der Waals surface area contributed by atoms with Crippen LogP contribution in [-0.4, -0.2) is 16.6 Å². The number of fused-ring (bicyclic) bond motifs is 1. The van der Waals surface area contributed by atoms with E-state index in [1.165, 1.54) is 23.5 Å². The van der Waals surface area contributed by atoms with Crippen molar-refractivity contribution in [1.82, 2.24) is 10.3 Å². The van der Waals surface area contributed by atoms with E-state index in [4.69, 9.17) is 0 Å². The molecule has 0 fully saturated rings. The molecule has 6 heteroatoms. The minimum atomic E-state index is -0.260. The number of hydrogen-bond acceptors (Lipinski definition) is 4. The van der Waals surface area contributed by atoms with E-state index in [0.717, 1.165) is 46.2 Å². The molecule has 1 aliphatic rings. The van der Waals surface area contributed by atoms with Crippen LogP contribution in [0.1, 0.15) is 51.7 Å². The van der Waals surface area contributed by atoms with Crippen molar-refractivity contribution in [3.63, 3.8) is 0 Å². The topological polar surface area (TPSA) is 42.0 Å². The van der Waals surface area contributed by atoms with Gasteiger partial charge in [0.05, 0.1) is 16.7 Å². The Bertz CT molecular complexity index is 729. The predicted molar refractivity (Wildman–Crippen MR) is 92.8 cm³/mol. The van der Waals surface area contributed by atoms with Crippen LogP contribution in [-0.2, 0) is 6.42 Å². The summed E-state index contributed by atoms with van der Waals surface area (Å²) in [5, 5.41) is 4.07. The smallest absolute Gasteiger partial charge is 0.263 e. The van der Waals surface area contributed by atoms with Crippen LogP contribution in [0.3, 0.4) is 0 Å². The fraction of sp³-hybridized carbons (Fsp3) is 0.412. The summed E-state index contributed by atoms with van der Waals surface area (Å²) in [7, 11) is 0. The summed E-state index contributed by atoms with van der Waals surface area (Å²) in [6.45, 7) is 3.97. The lowest BCUT2D eigenvalue weighted by atomic mass is 10.0. The maximum atomic E-state index is 13.6. The molecule has 1 unspecified atom stereocenters. The Labute approximate surface area is 143 Å². The molecule has 1 N–H and O–H groups in total. The molecule has 1 atom stereocenters. The first kappa shape index (κ1) is 16.5. The minimum Gasteiger partial charge on any atom is -0.344 e. The van der Waals surface area contributed by atoms with Crippen LogP contribution in [0, 0.1) is 12.7 Å². The van der Waals surface area contributed by atoms with Crippen molar-refractivity contribution in [1.29, 1.82) is 0 Å². The van der Waals surface area contributed by atoms with Gasteiger partial charge in [-0.3, -0.25) is 4.79 Å². The van der Waals surface area contributed by atoms with Gasteiger partial charge in [-0.05, 0) is 49.9 Å². The van der Waals surface area contributed by atoms with E-state index >= 15 is 0 Å². The Kier molecular flexibility index (Phi) is 5.02. The van der Waals surface area contributed by atoms with E-state index in [1.54, 1.807) is 17.8 Å². The second-order valence-electron chi connectivity index (χ2n) is 5.62. The van der Waals surface area contributed by atoms with Gasteiger partial charge in [0.25, 0.3) is 5.91 Å². The van der Waals surface area contributed by atoms with Gasteiger partial charge >= 0.3 is 0 Å². The number of hydrogen-bond donors (Lipinski definition) is 1. The second-order valence-corrected chi connectivity index (χ2v) is 7.84. The van der Waals surface area contributed by atoms with E-state index in [-0.39, 0.29) is 17.8 Å². The number of benzene rings is 1. The van der Waals surface area contributed by atoms with Gasteiger partial charge in [0.15, 0.2) is 0 Å². The normalized spacial score (nSPS) is 16.9. The summed E-state index contributed by atoms with van der Waals surface area (Å²) in [4.78, 5) is 18.8. The molecule has 1 aromatic heterocycles. The first-order valence-corrected chi connectivity index (χ1v) is 9.58. The Hall–Kier alpha value is -1.40. The van der Waals surface area contributed by atoms with Crippen LogP contribution in [0.4, 0.5) is 4.39 Å². The lowest BCUT2D eigenvalue weighted by Gasteiger charge is -2.25. The molecule has 0 radical (unpaired) electrons. The third-order valence-corrected chi connectivity index (χ3v) is 6.17. The minimum absolute atomic E-state index is 0.102. The van der Waals surface area contributed by atoms with E-state index in [9.17, 15) is 9.18 Å². The number of amides is 1. The third kappa shape index (κ3) is 3.58. The zero-order valence-electron chi connectivity index (χ0n) is 13.2. The van der Waals surface area contributed by atoms with Crippen LogP contribution < -0.4 is 5.32 Å². The molecule has 23 heavy (non-hydrogen) atoms. The first-order valence-electron chi connectivity index (χ1n) is 7.78. The Morgan fingerprint density at radius 1 is 1.48 bits per heavy atom. The summed E-state index contributed by atoms with van der Waals surface area (Å²) in [6, 6.07) is 4.67. The molecule has 2 heterocycles. The number of nitrogens with zero attached hydrogens (tertiary/aromatic N) is 1. The van der Waals surface area contributed by atoms with E-state index in [2.05, 4.69) is 17.2 Å². The van der Waals surface area contributed by atoms with Crippen LogP contribution in [0.15, 0.2) is 23.1 Å². The van der Waals surface area contributed by atoms with Crippen molar-refractivity contribution in [2.45, 2.75) is 44.0 Å². The SMILES string of the molecule is CCCc1nc(C)c(C(=O)NC2CCSc3ccc(F)cc32)s1. The number of thioether (sulfide) groups is 1. The monoisotopic (exact) mass is 350 g/mol. The molecule has 122 valence electrons. The molecule has 0 aliphatic carbocycles. The number of thiazole rings is 1. The van der Waals surface area contributed by atoms with Gasteiger partial charge in [-0.2, -0.15) is 0 Å². The van der Waals surface area contributed by atoms with E-state index in [0.29, 0.717) is 4.88 Å². The number of carbonyl (C=O) groups excluding carboxylic acids is 1. The fourth-order valence-corrected chi connectivity index (χ4v) is 4.90. The highest BCUT2D eigenvalue weighted by molar-refractivity contribution is 7.99. The van der Waals surface area contributed by atoms with Crippen molar-refractivity contribution in [3.8, 4) is 0 Å². The van der Waals surface area contributed by atoms with Crippen molar-refractivity contribution in [2.24, 2.45) is 0 Å². The predicted octanol–water partition coefficient (Wildman–Crippen LogP) is 4.51. The summed E-state index contributed by atoms with van der Waals surface area (Å²) in [5.74, 6) is 0.561. The Morgan fingerprint density at radius 2 is 2.30 bits per heavy atom. The van der Waals surface area contributed by atoms with Gasteiger partial charge in [-0.15, -0.1) is 23.1 Å². The van der Waals surface area contributed by atoms with Crippen molar-refractivity contribution in [3.05, 3.63) is 45.2 Å². The van der Waals surface area contributed by atoms with Gasteiger partial charge in [0.1, 0.15) is 10.7 Å². The first-order chi connectivity index (χ1) is 11.1.